The summed E-state index contributed by atoms with van der Waals surface area (Å²) in [5.74, 6) is 0.135. The average Bonchev–Trinajstić information content (AvgIpc) is 3.37. The number of nitrogens with zero attached hydrogens (tertiary/aromatic N) is 4. The van der Waals surface area contributed by atoms with Gasteiger partial charge >= 0.3 is 6.01 Å². The number of nitrogen functional groups attached to an aromatic ring is 1. The number of fused-ring (bicyclic) bond motifs is 1. The third kappa shape index (κ3) is 3.35. The lowest BCUT2D eigenvalue weighted by molar-refractivity contribution is -0.0511. The van der Waals surface area contributed by atoms with Gasteiger partial charge in [0, 0.05) is 6.42 Å². The van der Waals surface area contributed by atoms with Crippen LogP contribution >= 0.6 is 11.3 Å². The largest absolute Gasteiger partial charge is 0.463 e. The number of hydrogen-bond donors (Lipinski definition) is 4. The molecular weight excluding hydrogens is 374 g/mol. The third-order valence-electron chi connectivity index (χ3n) is 4.42. The molecular formula is C16H19N5O5S. The van der Waals surface area contributed by atoms with E-state index in [4.69, 9.17) is 15.2 Å². The van der Waals surface area contributed by atoms with E-state index in [1.165, 1.54) is 10.9 Å². The Bertz CT molecular complexity index is 917. The van der Waals surface area contributed by atoms with Gasteiger partial charge in [-0.05, 0) is 22.4 Å². The molecule has 0 bridgehead atoms. The van der Waals surface area contributed by atoms with Crippen LogP contribution in [-0.4, -0.2) is 66.4 Å². The van der Waals surface area contributed by atoms with E-state index in [1.54, 1.807) is 11.3 Å². The highest BCUT2D eigenvalue weighted by atomic mass is 32.1. The summed E-state index contributed by atoms with van der Waals surface area (Å²) >= 11 is 1.62. The van der Waals surface area contributed by atoms with E-state index in [1.807, 2.05) is 16.8 Å². The number of imidazole rings is 1. The molecule has 3 aromatic heterocycles. The lowest BCUT2D eigenvalue weighted by Gasteiger charge is -2.16. The van der Waals surface area contributed by atoms with Crippen molar-refractivity contribution in [3.8, 4) is 6.01 Å². The Balaban J connectivity index is 1.58. The molecule has 4 rings (SSSR count). The Kier molecular flexibility index (Phi) is 4.93. The summed E-state index contributed by atoms with van der Waals surface area (Å²) in [6, 6.07) is 2.10. The van der Waals surface area contributed by atoms with Crippen LogP contribution in [0.15, 0.2) is 23.2 Å². The van der Waals surface area contributed by atoms with Gasteiger partial charge in [0.15, 0.2) is 23.2 Å². The first-order valence-electron chi connectivity index (χ1n) is 8.35. The number of anilines is 1. The van der Waals surface area contributed by atoms with Gasteiger partial charge in [-0.25, -0.2) is 4.98 Å². The smallest absolute Gasteiger partial charge is 0.320 e. The number of aromatic nitrogens is 4. The number of thiophene rings is 1. The zero-order chi connectivity index (χ0) is 19.0. The number of aliphatic hydroxyl groups is 3. The summed E-state index contributed by atoms with van der Waals surface area (Å²) in [6.45, 7) is -0.0426. The molecule has 0 amide bonds. The standard InChI is InChI=1S/C16H19N5O5S/c17-13-10-14(20-16(19-13)25-3-1-8-2-4-27-6-8)21(7-18-10)15-12(24)11(23)9(5-22)26-15/h2,4,6-7,9,11-12,15,22-24H,1,3,5H2,(H2,17,19,20)/t9-,11-,12-,15-/m1/s1. The third-order valence-corrected chi connectivity index (χ3v) is 5.15. The predicted octanol–water partition coefficient (Wildman–Crippen LogP) is -0.297. The summed E-state index contributed by atoms with van der Waals surface area (Å²) in [5.41, 5.74) is 7.75. The van der Waals surface area contributed by atoms with Gasteiger partial charge in [-0.1, -0.05) is 0 Å². The summed E-state index contributed by atoms with van der Waals surface area (Å²) in [4.78, 5) is 12.6. The molecule has 5 N–H and O–H groups in total. The first-order chi connectivity index (χ1) is 13.1. The zero-order valence-corrected chi connectivity index (χ0v) is 15.0. The highest BCUT2D eigenvalue weighted by Crippen LogP contribution is 2.32. The van der Waals surface area contributed by atoms with Crippen molar-refractivity contribution < 1.29 is 24.8 Å². The molecule has 0 saturated carbocycles. The lowest BCUT2D eigenvalue weighted by Crippen LogP contribution is -2.33. The van der Waals surface area contributed by atoms with Crippen LogP contribution < -0.4 is 10.5 Å². The van der Waals surface area contributed by atoms with E-state index in [9.17, 15) is 15.3 Å². The molecule has 27 heavy (non-hydrogen) atoms. The SMILES string of the molecule is Nc1nc(OCCc2ccsc2)nc2c1ncn2[C@@H]1O[C@H](CO)[C@@H](O)[C@H]1O. The summed E-state index contributed by atoms with van der Waals surface area (Å²) in [6.07, 6.45) is -2.24. The molecule has 3 aromatic rings. The minimum Gasteiger partial charge on any atom is -0.463 e. The average molecular weight is 393 g/mol. The van der Waals surface area contributed by atoms with Crippen LogP contribution in [0.5, 0.6) is 6.01 Å². The van der Waals surface area contributed by atoms with Gasteiger partial charge in [0.1, 0.15) is 18.3 Å². The summed E-state index contributed by atoms with van der Waals surface area (Å²) in [7, 11) is 0. The molecule has 4 atom stereocenters. The molecule has 1 aliphatic heterocycles. The molecule has 0 spiro atoms. The maximum atomic E-state index is 10.2. The molecule has 0 aliphatic carbocycles. The van der Waals surface area contributed by atoms with Crippen molar-refractivity contribution in [3.63, 3.8) is 0 Å². The summed E-state index contributed by atoms with van der Waals surface area (Å²) in [5, 5.41) is 33.5. The van der Waals surface area contributed by atoms with Gasteiger partial charge in [0.05, 0.1) is 19.5 Å². The number of hydrogen-bond acceptors (Lipinski definition) is 10. The van der Waals surface area contributed by atoms with E-state index in [0.717, 1.165) is 5.56 Å². The molecule has 0 aromatic carbocycles. The number of rotatable bonds is 6. The van der Waals surface area contributed by atoms with Crippen molar-refractivity contribution in [3.05, 3.63) is 28.7 Å². The molecule has 11 heteroatoms. The highest BCUT2D eigenvalue weighted by Gasteiger charge is 2.44. The second-order valence-electron chi connectivity index (χ2n) is 6.17. The van der Waals surface area contributed by atoms with E-state index in [0.29, 0.717) is 24.2 Å². The molecule has 1 fully saturated rings. The molecule has 10 nitrogen and oxygen atoms in total. The van der Waals surface area contributed by atoms with Crippen molar-refractivity contribution in [1.29, 1.82) is 0 Å². The van der Waals surface area contributed by atoms with Crippen molar-refractivity contribution in [2.45, 2.75) is 31.0 Å². The van der Waals surface area contributed by atoms with E-state index in [-0.39, 0.29) is 11.8 Å². The zero-order valence-electron chi connectivity index (χ0n) is 14.2. The van der Waals surface area contributed by atoms with Gasteiger partial charge < -0.3 is 30.5 Å². The Morgan fingerprint density at radius 2 is 2.15 bits per heavy atom. The van der Waals surface area contributed by atoms with Crippen LogP contribution in [0.3, 0.4) is 0 Å². The fraction of sp³-hybridized carbons (Fsp3) is 0.438. The van der Waals surface area contributed by atoms with Gasteiger partial charge in [-0.3, -0.25) is 4.57 Å². The maximum Gasteiger partial charge on any atom is 0.320 e. The minimum atomic E-state index is -1.25. The molecule has 1 saturated heterocycles. The molecule has 0 unspecified atom stereocenters. The monoisotopic (exact) mass is 393 g/mol. The van der Waals surface area contributed by atoms with Gasteiger partial charge in [-0.15, -0.1) is 0 Å². The Hall–Kier alpha value is -2.31. The van der Waals surface area contributed by atoms with E-state index < -0.39 is 31.1 Å². The van der Waals surface area contributed by atoms with Crippen molar-refractivity contribution >= 4 is 28.3 Å². The van der Waals surface area contributed by atoms with E-state index in [2.05, 4.69) is 15.0 Å². The van der Waals surface area contributed by atoms with Crippen LogP contribution in [0.25, 0.3) is 11.2 Å². The van der Waals surface area contributed by atoms with Crippen LogP contribution in [0, 0.1) is 0 Å². The second-order valence-corrected chi connectivity index (χ2v) is 6.95. The number of ether oxygens (including phenoxy) is 2. The maximum absolute atomic E-state index is 10.2. The van der Waals surface area contributed by atoms with Crippen LogP contribution in [0.1, 0.15) is 11.8 Å². The van der Waals surface area contributed by atoms with Crippen molar-refractivity contribution in [2.75, 3.05) is 18.9 Å². The first-order valence-corrected chi connectivity index (χ1v) is 9.29. The van der Waals surface area contributed by atoms with Gasteiger partial charge in [0.25, 0.3) is 0 Å². The van der Waals surface area contributed by atoms with Crippen LogP contribution in [0.4, 0.5) is 5.82 Å². The van der Waals surface area contributed by atoms with E-state index >= 15 is 0 Å². The van der Waals surface area contributed by atoms with Crippen LogP contribution in [0.2, 0.25) is 0 Å². The fourth-order valence-corrected chi connectivity index (χ4v) is 3.68. The predicted molar refractivity (Wildman–Crippen MR) is 96.3 cm³/mol. The number of aliphatic hydroxyl groups excluding tert-OH is 3. The van der Waals surface area contributed by atoms with Gasteiger partial charge in [-0.2, -0.15) is 21.3 Å². The number of nitrogens with two attached hydrogens (primary N) is 1. The fourth-order valence-electron chi connectivity index (χ4n) is 2.97. The quantitative estimate of drug-likeness (QED) is 0.443. The van der Waals surface area contributed by atoms with Gasteiger partial charge in [0.2, 0.25) is 0 Å². The minimum absolute atomic E-state index is 0.0868. The van der Waals surface area contributed by atoms with Crippen molar-refractivity contribution in [1.82, 2.24) is 19.5 Å². The Morgan fingerprint density at radius 3 is 2.85 bits per heavy atom. The van der Waals surface area contributed by atoms with Crippen molar-refractivity contribution in [2.24, 2.45) is 0 Å². The molecule has 1 aliphatic rings. The molecule has 144 valence electrons. The molecule has 4 heterocycles. The summed E-state index contributed by atoms with van der Waals surface area (Å²) < 4.78 is 12.6. The topological polar surface area (TPSA) is 149 Å². The lowest BCUT2D eigenvalue weighted by atomic mass is 10.1. The molecule has 0 radical (unpaired) electrons. The second kappa shape index (κ2) is 7.37. The first kappa shape index (κ1) is 18.1. The Labute approximate surface area is 157 Å². The highest BCUT2D eigenvalue weighted by molar-refractivity contribution is 7.07. The van der Waals surface area contributed by atoms with Crippen LogP contribution in [-0.2, 0) is 11.2 Å². The normalized spacial score (nSPS) is 25.3. The Morgan fingerprint density at radius 1 is 1.30 bits per heavy atom.